The van der Waals surface area contributed by atoms with E-state index in [0.29, 0.717) is 0 Å². The minimum absolute atomic E-state index is 0.0596. The molecule has 0 aromatic carbocycles. The molecule has 2 N–H and O–H groups in total. The van der Waals surface area contributed by atoms with Crippen molar-refractivity contribution in [2.24, 2.45) is 5.73 Å². The molecule has 54 valence electrons. The predicted octanol–water partition coefficient (Wildman–Crippen LogP) is 0.560. The van der Waals surface area contributed by atoms with Crippen LogP contribution in [0.15, 0.2) is 0 Å². The lowest BCUT2D eigenvalue weighted by atomic mass is 10.2. The van der Waals surface area contributed by atoms with Gasteiger partial charge >= 0.3 is 0 Å². The van der Waals surface area contributed by atoms with Gasteiger partial charge in [0.1, 0.15) is 0 Å². The van der Waals surface area contributed by atoms with Gasteiger partial charge < -0.3 is 5.73 Å². The van der Waals surface area contributed by atoms with Gasteiger partial charge in [0, 0.05) is 0 Å². The molecule has 0 aliphatic rings. The van der Waals surface area contributed by atoms with E-state index in [1.54, 1.807) is 0 Å². The quantitative estimate of drug-likeness (QED) is 0.604. The second-order valence-electron chi connectivity index (χ2n) is 1.70. The highest BCUT2D eigenvalue weighted by Gasteiger charge is 2.11. The Bertz CT molecular complexity index is 97.0. The van der Waals surface area contributed by atoms with Gasteiger partial charge in [0.05, 0.1) is 6.67 Å². The van der Waals surface area contributed by atoms with E-state index in [1.165, 1.54) is 0 Å². The van der Waals surface area contributed by atoms with E-state index in [4.69, 9.17) is 0 Å². The fraction of sp³-hybridized carbons (Fsp3) is 0.800. The summed E-state index contributed by atoms with van der Waals surface area (Å²) in [6, 6.07) is 0. The first-order chi connectivity index (χ1) is 4.18. The molecular formula is C5H9F2NO. The third kappa shape index (κ3) is 3.88. The molecule has 0 aliphatic heterocycles. The fourth-order valence-electron chi connectivity index (χ4n) is 0.399. The summed E-state index contributed by atoms with van der Waals surface area (Å²) in [7, 11) is 0. The Balaban J connectivity index is 3.27. The summed E-state index contributed by atoms with van der Waals surface area (Å²) < 4.78 is 23.4. The van der Waals surface area contributed by atoms with Gasteiger partial charge in [0.15, 0.2) is 6.17 Å². The maximum Gasteiger partial charge on any atom is 0.251 e. The molecule has 0 radical (unpaired) electrons. The Hall–Kier alpha value is -0.670. The van der Waals surface area contributed by atoms with Crippen molar-refractivity contribution in [3.8, 4) is 0 Å². The van der Waals surface area contributed by atoms with Crippen LogP contribution in [0.4, 0.5) is 8.78 Å². The molecular weight excluding hydrogens is 128 g/mol. The Kier molecular flexibility index (Phi) is 3.92. The molecule has 2 nitrogen and oxygen atoms in total. The molecule has 0 aliphatic carbocycles. The minimum atomic E-state index is -1.68. The van der Waals surface area contributed by atoms with Crippen LogP contribution in [-0.2, 0) is 4.79 Å². The summed E-state index contributed by atoms with van der Waals surface area (Å²) >= 11 is 0. The second-order valence-corrected chi connectivity index (χ2v) is 1.70. The zero-order chi connectivity index (χ0) is 7.28. The minimum Gasteiger partial charge on any atom is -0.367 e. The van der Waals surface area contributed by atoms with E-state index in [9.17, 15) is 13.6 Å². The molecule has 0 heterocycles. The summed E-state index contributed by atoms with van der Waals surface area (Å²) in [6.45, 7) is -0.603. The highest BCUT2D eigenvalue weighted by atomic mass is 19.1. The highest BCUT2D eigenvalue weighted by molar-refractivity contribution is 5.78. The first-order valence-electron chi connectivity index (χ1n) is 2.68. The third-order valence-corrected chi connectivity index (χ3v) is 0.900. The van der Waals surface area contributed by atoms with Gasteiger partial charge in [-0.15, -0.1) is 0 Å². The molecule has 9 heavy (non-hydrogen) atoms. The van der Waals surface area contributed by atoms with E-state index in [2.05, 4.69) is 5.73 Å². The molecule has 0 rings (SSSR count). The van der Waals surface area contributed by atoms with E-state index in [-0.39, 0.29) is 12.8 Å². The standard InChI is InChI=1S/C5H9F2NO/c6-3-1-2-4(7)5(8)9/h4H,1-3H2,(H2,8,9). The van der Waals surface area contributed by atoms with E-state index < -0.39 is 18.8 Å². The summed E-state index contributed by atoms with van der Waals surface area (Å²) in [5, 5.41) is 0. The zero-order valence-corrected chi connectivity index (χ0v) is 4.94. The van der Waals surface area contributed by atoms with Crippen LogP contribution in [0.3, 0.4) is 0 Å². The summed E-state index contributed by atoms with van der Waals surface area (Å²) in [5.74, 6) is -1.01. The van der Waals surface area contributed by atoms with Gasteiger partial charge in [-0.1, -0.05) is 0 Å². The largest absolute Gasteiger partial charge is 0.367 e. The van der Waals surface area contributed by atoms with Crippen molar-refractivity contribution in [1.29, 1.82) is 0 Å². The van der Waals surface area contributed by atoms with Crippen molar-refractivity contribution in [3.63, 3.8) is 0 Å². The lowest BCUT2D eigenvalue weighted by Crippen LogP contribution is -2.24. The average Bonchev–Trinajstić information content (AvgIpc) is 1.82. The van der Waals surface area contributed by atoms with Crippen LogP contribution in [0, 0.1) is 0 Å². The maximum atomic E-state index is 12.1. The number of alkyl halides is 2. The summed E-state index contributed by atoms with van der Waals surface area (Å²) in [5.41, 5.74) is 4.54. The molecule has 0 saturated carbocycles. The lowest BCUT2D eigenvalue weighted by molar-refractivity contribution is -0.122. The van der Waals surface area contributed by atoms with Crippen molar-refractivity contribution in [2.75, 3.05) is 6.67 Å². The number of primary amides is 1. The smallest absolute Gasteiger partial charge is 0.251 e. The summed E-state index contributed by atoms with van der Waals surface area (Å²) in [4.78, 5) is 9.93. The Morgan fingerprint density at radius 1 is 1.67 bits per heavy atom. The average molecular weight is 137 g/mol. The molecule has 1 unspecified atom stereocenters. The first-order valence-corrected chi connectivity index (χ1v) is 2.68. The molecule has 0 bridgehead atoms. The van der Waals surface area contributed by atoms with Crippen LogP contribution in [0.5, 0.6) is 0 Å². The van der Waals surface area contributed by atoms with Crippen LogP contribution >= 0.6 is 0 Å². The topological polar surface area (TPSA) is 43.1 Å². The number of nitrogens with two attached hydrogens (primary N) is 1. The van der Waals surface area contributed by atoms with Gasteiger partial charge in [0.2, 0.25) is 0 Å². The van der Waals surface area contributed by atoms with Crippen molar-refractivity contribution < 1.29 is 13.6 Å². The SMILES string of the molecule is NC(=O)C(F)CCCF. The lowest BCUT2D eigenvalue weighted by Gasteiger charge is -1.98. The first kappa shape index (κ1) is 8.33. The van der Waals surface area contributed by atoms with Crippen LogP contribution in [0.25, 0.3) is 0 Å². The van der Waals surface area contributed by atoms with Crippen molar-refractivity contribution in [2.45, 2.75) is 19.0 Å². The van der Waals surface area contributed by atoms with Gasteiger partial charge in [-0.05, 0) is 12.8 Å². The van der Waals surface area contributed by atoms with Gasteiger partial charge in [0.25, 0.3) is 5.91 Å². The normalized spacial score (nSPS) is 13.1. The van der Waals surface area contributed by atoms with Crippen LogP contribution < -0.4 is 5.73 Å². The number of carbonyl (C=O) groups excluding carboxylic acids is 1. The molecule has 0 saturated heterocycles. The number of hydrogen-bond donors (Lipinski definition) is 1. The van der Waals surface area contributed by atoms with E-state index in [0.717, 1.165) is 0 Å². The van der Waals surface area contributed by atoms with Gasteiger partial charge in [-0.2, -0.15) is 0 Å². The molecule has 1 atom stereocenters. The third-order valence-electron chi connectivity index (χ3n) is 0.900. The van der Waals surface area contributed by atoms with Gasteiger partial charge in [-0.3, -0.25) is 9.18 Å². The Labute approximate surface area is 52.0 Å². The van der Waals surface area contributed by atoms with Crippen molar-refractivity contribution >= 4 is 5.91 Å². The molecule has 4 heteroatoms. The Morgan fingerprint density at radius 2 is 2.22 bits per heavy atom. The zero-order valence-electron chi connectivity index (χ0n) is 4.94. The number of amides is 1. The molecule has 0 spiro atoms. The van der Waals surface area contributed by atoms with Crippen LogP contribution in [-0.4, -0.2) is 18.8 Å². The fourth-order valence-corrected chi connectivity index (χ4v) is 0.399. The number of rotatable bonds is 4. The number of halogens is 2. The molecule has 0 aromatic heterocycles. The van der Waals surface area contributed by atoms with Crippen molar-refractivity contribution in [1.82, 2.24) is 0 Å². The maximum absolute atomic E-state index is 12.1. The number of carbonyl (C=O) groups is 1. The summed E-state index contributed by atoms with van der Waals surface area (Å²) in [6.07, 6.45) is -1.73. The predicted molar refractivity (Wildman–Crippen MR) is 29.3 cm³/mol. The highest BCUT2D eigenvalue weighted by Crippen LogP contribution is 2.00. The molecule has 0 fully saturated rings. The second kappa shape index (κ2) is 4.23. The molecule has 0 aromatic rings. The van der Waals surface area contributed by atoms with Crippen LogP contribution in [0.2, 0.25) is 0 Å². The number of hydrogen-bond acceptors (Lipinski definition) is 1. The van der Waals surface area contributed by atoms with Crippen LogP contribution in [0.1, 0.15) is 12.8 Å². The van der Waals surface area contributed by atoms with E-state index in [1.807, 2.05) is 0 Å². The monoisotopic (exact) mass is 137 g/mol. The Morgan fingerprint density at radius 3 is 2.56 bits per heavy atom. The molecule has 1 amide bonds. The van der Waals surface area contributed by atoms with Gasteiger partial charge in [-0.25, -0.2) is 4.39 Å². The van der Waals surface area contributed by atoms with E-state index >= 15 is 0 Å². The van der Waals surface area contributed by atoms with Crippen molar-refractivity contribution in [3.05, 3.63) is 0 Å².